The van der Waals surface area contributed by atoms with E-state index in [1.807, 2.05) is 0 Å². The fourth-order valence-electron chi connectivity index (χ4n) is 0.608. The lowest BCUT2D eigenvalue weighted by Gasteiger charge is -2.11. The van der Waals surface area contributed by atoms with E-state index in [9.17, 15) is 14.9 Å². The Morgan fingerprint density at radius 3 is 2.36 bits per heavy atom. The average molecular weight is 182 g/mol. The molecule has 6 heteroatoms. The van der Waals surface area contributed by atoms with Crippen molar-refractivity contribution in [2.75, 3.05) is 0 Å². The molecule has 0 heterocycles. The Balaban J connectivity index is 4.52. The lowest BCUT2D eigenvalue weighted by atomic mass is 10.2. The third-order valence-corrected chi connectivity index (χ3v) is 1.69. The van der Waals surface area contributed by atoms with Gasteiger partial charge in [-0.1, -0.05) is 6.92 Å². The smallest absolute Gasteiger partial charge is 0.399 e. The maximum Gasteiger partial charge on any atom is 0.399 e. The molecule has 0 spiro atoms. The average Bonchev–Trinajstić information content (AvgIpc) is 1.87. The summed E-state index contributed by atoms with van der Waals surface area (Å²) in [4.78, 5) is 17.1. The van der Waals surface area contributed by atoms with Crippen LogP contribution < -0.4 is 0 Å². The summed E-state index contributed by atoms with van der Waals surface area (Å²) in [6.45, 7) is 1.63. The summed E-state index contributed by atoms with van der Waals surface area (Å²) in [7, 11) is 0. The van der Waals surface area contributed by atoms with Gasteiger partial charge in [0, 0.05) is 6.42 Å². The van der Waals surface area contributed by atoms with E-state index in [1.165, 1.54) is 0 Å². The molecule has 0 rings (SSSR count). The zero-order chi connectivity index (χ0) is 9.07. The molecule has 1 atom stereocenters. The second-order valence-electron chi connectivity index (χ2n) is 2.07. The number of nitro groups is 1. The fraction of sp³-hybridized carbons (Fsp3) is 0.800. The van der Waals surface area contributed by atoms with Gasteiger partial charge in [-0.2, -0.15) is 0 Å². The molecule has 0 aliphatic heterocycles. The van der Waals surface area contributed by atoms with Gasteiger partial charge >= 0.3 is 11.0 Å². The molecular weight excluding hydrogens is 174 g/mol. The molecular formula is C5H8ClNO4. The molecule has 0 saturated carbocycles. The van der Waals surface area contributed by atoms with Crippen molar-refractivity contribution in [3.05, 3.63) is 10.1 Å². The SMILES string of the molecule is CCCC(Cl)(C(=O)O)[N+](=O)[O-]. The summed E-state index contributed by atoms with van der Waals surface area (Å²) >= 11 is 5.21. The molecule has 64 valence electrons. The Kier molecular flexibility index (Phi) is 3.25. The highest BCUT2D eigenvalue weighted by atomic mass is 35.5. The van der Waals surface area contributed by atoms with Crippen LogP contribution in [0.25, 0.3) is 0 Å². The van der Waals surface area contributed by atoms with E-state index in [2.05, 4.69) is 0 Å². The molecule has 0 aliphatic carbocycles. The van der Waals surface area contributed by atoms with E-state index < -0.39 is 15.9 Å². The number of rotatable bonds is 4. The summed E-state index contributed by atoms with van der Waals surface area (Å²) in [6, 6.07) is 0. The fourth-order valence-corrected chi connectivity index (χ4v) is 0.797. The van der Waals surface area contributed by atoms with Gasteiger partial charge in [-0.3, -0.25) is 10.1 Å². The van der Waals surface area contributed by atoms with Gasteiger partial charge in [-0.25, -0.2) is 4.79 Å². The quantitative estimate of drug-likeness (QED) is 0.305. The number of hydrogen-bond donors (Lipinski definition) is 1. The maximum absolute atomic E-state index is 10.3. The van der Waals surface area contributed by atoms with Crippen molar-refractivity contribution in [2.45, 2.75) is 24.8 Å². The number of hydrogen-bond acceptors (Lipinski definition) is 3. The molecule has 0 bridgehead atoms. The van der Waals surface area contributed by atoms with E-state index in [0.717, 1.165) is 0 Å². The van der Waals surface area contributed by atoms with Crippen LogP contribution in [0.5, 0.6) is 0 Å². The number of alkyl halides is 1. The Bertz CT molecular complexity index is 167. The molecule has 0 aromatic carbocycles. The van der Waals surface area contributed by atoms with E-state index in [-0.39, 0.29) is 6.42 Å². The van der Waals surface area contributed by atoms with Gasteiger partial charge in [0.2, 0.25) is 0 Å². The van der Waals surface area contributed by atoms with Crippen LogP contribution in [0.15, 0.2) is 0 Å². The third kappa shape index (κ3) is 2.04. The minimum absolute atomic E-state index is 0.170. The number of nitrogens with zero attached hydrogens (tertiary/aromatic N) is 1. The predicted molar refractivity (Wildman–Crippen MR) is 38.1 cm³/mol. The molecule has 0 aromatic heterocycles. The molecule has 11 heavy (non-hydrogen) atoms. The van der Waals surface area contributed by atoms with E-state index in [4.69, 9.17) is 16.7 Å². The van der Waals surface area contributed by atoms with Crippen molar-refractivity contribution in [1.82, 2.24) is 0 Å². The largest absolute Gasteiger partial charge is 0.475 e. The van der Waals surface area contributed by atoms with Crippen LogP contribution in [0.1, 0.15) is 19.8 Å². The van der Waals surface area contributed by atoms with E-state index >= 15 is 0 Å². The van der Waals surface area contributed by atoms with Crippen molar-refractivity contribution in [3.8, 4) is 0 Å². The topological polar surface area (TPSA) is 80.4 Å². The second-order valence-corrected chi connectivity index (χ2v) is 2.70. The molecule has 0 radical (unpaired) electrons. The van der Waals surface area contributed by atoms with Crippen LogP contribution in [-0.4, -0.2) is 21.0 Å². The summed E-state index contributed by atoms with van der Waals surface area (Å²) in [6.07, 6.45) is 0.188. The Labute approximate surface area is 68.1 Å². The molecule has 5 nitrogen and oxygen atoms in total. The number of halogens is 1. The first-order chi connectivity index (χ1) is 4.95. The minimum Gasteiger partial charge on any atom is -0.475 e. The van der Waals surface area contributed by atoms with Gasteiger partial charge in [-0.05, 0) is 18.0 Å². The molecule has 0 amide bonds. The van der Waals surface area contributed by atoms with Crippen molar-refractivity contribution in [1.29, 1.82) is 0 Å². The minimum atomic E-state index is -2.34. The summed E-state index contributed by atoms with van der Waals surface area (Å²) in [5.74, 6) is -1.61. The molecule has 0 fully saturated rings. The number of aliphatic carboxylic acids is 1. The zero-order valence-corrected chi connectivity index (χ0v) is 6.67. The first-order valence-corrected chi connectivity index (χ1v) is 3.39. The first kappa shape index (κ1) is 10.2. The summed E-state index contributed by atoms with van der Waals surface area (Å²) < 4.78 is 0. The van der Waals surface area contributed by atoms with Crippen molar-refractivity contribution >= 4 is 17.6 Å². The Morgan fingerprint density at radius 2 is 2.27 bits per heavy atom. The van der Waals surface area contributed by atoms with Crippen molar-refractivity contribution < 1.29 is 14.8 Å². The van der Waals surface area contributed by atoms with Gasteiger partial charge in [0.15, 0.2) is 0 Å². The number of carboxylic acid groups (broad SMARTS) is 1. The van der Waals surface area contributed by atoms with Gasteiger partial charge in [-0.15, -0.1) is 0 Å². The summed E-state index contributed by atoms with van der Waals surface area (Å²) in [5, 5.41) is 18.5. The Morgan fingerprint density at radius 1 is 1.82 bits per heavy atom. The zero-order valence-electron chi connectivity index (χ0n) is 5.91. The van der Waals surface area contributed by atoms with Crippen LogP contribution >= 0.6 is 11.6 Å². The summed E-state index contributed by atoms with van der Waals surface area (Å²) in [5.41, 5.74) is 0. The predicted octanol–water partition coefficient (Wildman–Crippen LogP) is 1.08. The van der Waals surface area contributed by atoms with Crippen molar-refractivity contribution in [2.24, 2.45) is 0 Å². The Hall–Kier alpha value is -0.840. The number of carboxylic acids is 1. The van der Waals surface area contributed by atoms with Crippen molar-refractivity contribution in [3.63, 3.8) is 0 Å². The van der Waals surface area contributed by atoms with Crippen LogP contribution in [0.4, 0.5) is 0 Å². The van der Waals surface area contributed by atoms with Gasteiger partial charge in [0.25, 0.3) is 0 Å². The highest BCUT2D eigenvalue weighted by Gasteiger charge is 2.48. The molecule has 0 saturated heterocycles. The van der Waals surface area contributed by atoms with Crippen LogP contribution in [0.2, 0.25) is 0 Å². The van der Waals surface area contributed by atoms with Crippen LogP contribution in [0, 0.1) is 10.1 Å². The molecule has 0 aliphatic rings. The maximum atomic E-state index is 10.3. The standard InChI is InChI=1S/C5H8ClNO4/c1-2-3-5(6,4(8)9)7(10)11/h2-3H2,1H3,(H,8,9). The third-order valence-electron chi connectivity index (χ3n) is 1.20. The number of carbonyl (C=O) groups is 1. The van der Waals surface area contributed by atoms with E-state index in [0.29, 0.717) is 6.42 Å². The molecule has 1 N–H and O–H groups in total. The lowest BCUT2D eigenvalue weighted by Crippen LogP contribution is -2.40. The highest BCUT2D eigenvalue weighted by Crippen LogP contribution is 2.22. The normalized spacial score (nSPS) is 15.5. The monoisotopic (exact) mass is 181 g/mol. The van der Waals surface area contributed by atoms with Gasteiger partial charge in [0.1, 0.15) is 0 Å². The van der Waals surface area contributed by atoms with Crippen LogP contribution in [0.3, 0.4) is 0 Å². The van der Waals surface area contributed by atoms with Gasteiger partial charge in [0.05, 0.1) is 4.92 Å². The molecule has 0 aromatic rings. The van der Waals surface area contributed by atoms with Crippen LogP contribution in [-0.2, 0) is 4.79 Å². The highest BCUT2D eigenvalue weighted by molar-refractivity contribution is 6.32. The van der Waals surface area contributed by atoms with Gasteiger partial charge < -0.3 is 5.11 Å². The van der Waals surface area contributed by atoms with E-state index in [1.54, 1.807) is 6.92 Å². The molecule has 1 unspecified atom stereocenters. The first-order valence-electron chi connectivity index (χ1n) is 3.02. The second kappa shape index (κ2) is 3.52. The lowest BCUT2D eigenvalue weighted by molar-refractivity contribution is -0.529.